The van der Waals surface area contributed by atoms with E-state index in [-0.39, 0.29) is 29.1 Å². The molecule has 0 heterocycles. The van der Waals surface area contributed by atoms with Crippen molar-refractivity contribution in [1.82, 2.24) is 0 Å². The molecule has 3 aromatic carbocycles. The Balaban J connectivity index is 1.59. The third kappa shape index (κ3) is 5.86. The molecule has 0 amide bonds. The number of phenols is 1. The fourth-order valence-electron chi connectivity index (χ4n) is 4.30. The van der Waals surface area contributed by atoms with E-state index in [1.54, 1.807) is 0 Å². The van der Waals surface area contributed by atoms with E-state index in [1.165, 1.54) is 12.1 Å². The molecule has 1 unspecified atom stereocenters. The molecule has 0 saturated heterocycles. The van der Waals surface area contributed by atoms with Crippen molar-refractivity contribution in [2.45, 2.75) is 38.7 Å². The summed E-state index contributed by atoms with van der Waals surface area (Å²) in [5.74, 6) is 4.90. The summed E-state index contributed by atoms with van der Waals surface area (Å²) in [7, 11) is 0. The van der Waals surface area contributed by atoms with Gasteiger partial charge in [0.1, 0.15) is 17.6 Å². The number of aromatic hydroxyl groups is 1. The van der Waals surface area contributed by atoms with Crippen LogP contribution in [0.4, 0.5) is 0 Å². The number of aliphatic hydroxyl groups excluding tert-OH is 1. The van der Waals surface area contributed by atoms with Gasteiger partial charge in [-0.05, 0) is 76.9 Å². The van der Waals surface area contributed by atoms with Crippen LogP contribution < -0.4 is 4.74 Å². The van der Waals surface area contributed by atoms with Crippen molar-refractivity contribution in [3.63, 3.8) is 0 Å². The monoisotopic (exact) mass is 498 g/mol. The summed E-state index contributed by atoms with van der Waals surface area (Å²) in [6.45, 7) is 7.09. The standard InChI is InChI=1S/C31H30O6/c1-4-36-19-37-24-11-7-20(8-12-24)25-15-16-31(2,3)27-17-22(9-13-26(25)27)28(32)14-10-21-5-6-23(30(34)35)18-29(21)33/h5-9,11-13,15,17-18,28,32-33H,4,16,19H2,1-3H3,(H,34,35). The predicted molar refractivity (Wildman–Crippen MR) is 142 cm³/mol. The first kappa shape index (κ1) is 26.0. The molecule has 0 saturated carbocycles. The van der Waals surface area contributed by atoms with Gasteiger partial charge in [0.25, 0.3) is 0 Å². The van der Waals surface area contributed by atoms with Gasteiger partial charge in [0.2, 0.25) is 0 Å². The van der Waals surface area contributed by atoms with Gasteiger partial charge in [-0.15, -0.1) is 0 Å². The van der Waals surface area contributed by atoms with E-state index in [1.807, 2.05) is 49.4 Å². The Hall–Kier alpha value is -4.05. The number of aliphatic hydroxyl groups is 1. The van der Waals surface area contributed by atoms with E-state index in [4.69, 9.17) is 14.6 Å². The molecule has 4 rings (SSSR count). The number of ether oxygens (including phenoxy) is 2. The van der Waals surface area contributed by atoms with Gasteiger partial charge in [-0.2, -0.15) is 0 Å². The molecular weight excluding hydrogens is 468 g/mol. The minimum absolute atomic E-state index is 0.0305. The minimum atomic E-state index is -1.13. The number of phenolic OH excluding ortho intramolecular Hbond substituents is 1. The van der Waals surface area contributed by atoms with Crippen LogP contribution in [-0.2, 0) is 10.2 Å². The fraction of sp³-hybridized carbons (Fsp3) is 0.258. The van der Waals surface area contributed by atoms with E-state index in [2.05, 4.69) is 31.8 Å². The van der Waals surface area contributed by atoms with Gasteiger partial charge in [-0.3, -0.25) is 0 Å². The molecule has 6 heteroatoms. The lowest BCUT2D eigenvalue weighted by Gasteiger charge is -2.33. The van der Waals surface area contributed by atoms with Crippen LogP contribution in [0.25, 0.3) is 5.57 Å². The Morgan fingerprint density at radius 3 is 2.51 bits per heavy atom. The Kier molecular flexibility index (Phi) is 7.68. The molecule has 0 fully saturated rings. The Morgan fingerprint density at radius 1 is 1.08 bits per heavy atom. The first-order chi connectivity index (χ1) is 17.7. The number of aromatic carboxylic acids is 1. The molecule has 1 aliphatic carbocycles. The van der Waals surface area contributed by atoms with Crippen LogP contribution in [0.15, 0.2) is 66.7 Å². The summed E-state index contributed by atoms with van der Waals surface area (Å²) < 4.78 is 10.8. The van der Waals surface area contributed by atoms with Gasteiger partial charge < -0.3 is 24.8 Å². The van der Waals surface area contributed by atoms with Crippen molar-refractivity contribution in [1.29, 1.82) is 0 Å². The van der Waals surface area contributed by atoms with Gasteiger partial charge in [0.05, 0.1) is 11.1 Å². The molecule has 3 aromatic rings. The number of fused-ring (bicyclic) bond motifs is 1. The van der Waals surface area contributed by atoms with Crippen molar-refractivity contribution < 1.29 is 29.6 Å². The number of carboxylic acids is 1. The van der Waals surface area contributed by atoms with Crippen LogP contribution >= 0.6 is 0 Å². The molecular formula is C31H30O6. The van der Waals surface area contributed by atoms with E-state index in [9.17, 15) is 15.0 Å². The molecule has 6 nitrogen and oxygen atoms in total. The average Bonchev–Trinajstić information content (AvgIpc) is 2.88. The number of allylic oxidation sites excluding steroid dienone is 1. The SMILES string of the molecule is CCOCOc1ccc(C2=CCC(C)(C)c3cc(C(O)C#Cc4ccc(C(=O)O)cc4O)ccc32)cc1. The second-order valence-electron chi connectivity index (χ2n) is 9.50. The maximum atomic E-state index is 11.1. The first-order valence-corrected chi connectivity index (χ1v) is 12.1. The van der Waals surface area contributed by atoms with Crippen LogP contribution in [0.3, 0.4) is 0 Å². The highest BCUT2D eigenvalue weighted by atomic mass is 16.7. The number of carboxylic acid groups (broad SMARTS) is 1. The minimum Gasteiger partial charge on any atom is -0.507 e. The zero-order valence-electron chi connectivity index (χ0n) is 21.1. The molecule has 1 atom stereocenters. The van der Waals surface area contributed by atoms with Crippen LogP contribution in [0.5, 0.6) is 11.5 Å². The number of benzene rings is 3. The molecule has 0 bridgehead atoms. The summed E-state index contributed by atoms with van der Waals surface area (Å²) in [6.07, 6.45) is 2.01. The molecule has 37 heavy (non-hydrogen) atoms. The van der Waals surface area contributed by atoms with E-state index in [0.717, 1.165) is 40.5 Å². The zero-order valence-corrected chi connectivity index (χ0v) is 21.1. The summed E-state index contributed by atoms with van der Waals surface area (Å²) in [4.78, 5) is 11.1. The van der Waals surface area contributed by atoms with Gasteiger partial charge in [-0.25, -0.2) is 4.79 Å². The summed E-state index contributed by atoms with van der Waals surface area (Å²) in [5, 5.41) is 29.9. The predicted octanol–water partition coefficient (Wildman–Crippen LogP) is 5.66. The van der Waals surface area contributed by atoms with Crippen molar-refractivity contribution in [2.75, 3.05) is 13.4 Å². The lowest BCUT2D eigenvalue weighted by molar-refractivity contribution is 0.0224. The topological polar surface area (TPSA) is 96.2 Å². The quantitative estimate of drug-likeness (QED) is 0.221. The van der Waals surface area contributed by atoms with Crippen molar-refractivity contribution >= 4 is 11.5 Å². The zero-order chi connectivity index (χ0) is 26.6. The van der Waals surface area contributed by atoms with Crippen molar-refractivity contribution in [2.24, 2.45) is 0 Å². The highest BCUT2D eigenvalue weighted by molar-refractivity contribution is 5.88. The maximum Gasteiger partial charge on any atom is 0.335 e. The number of hydrogen-bond donors (Lipinski definition) is 3. The normalized spacial score (nSPS) is 14.5. The van der Waals surface area contributed by atoms with Crippen LogP contribution in [-0.4, -0.2) is 34.7 Å². The number of rotatable bonds is 7. The van der Waals surface area contributed by atoms with E-state index < -0.39 is 12.1 Å². The fourth-order valence-corrected chi connectivity index (χ4v) is 4.30. The lowest BCUT2D eigenvalue weighted by Crippen LogP contribution is -2.22. The lowest BCUT2D eigenvalue weighted by atomic mass is 9.71. The molecule has 0 spiro atoms. The third-order valence-electron chi connectivity index (χ3n) is 6.46. The maximum absolute atomic E-state index is 11.1. The molecule has 0 aromatic heterocycles. The number of carbonyl (C=O) groups is 1. The Bertz CT molecular complexity index is 1390. The van der Waals surface area contributed by atoms with E-state index in [0.29, 0.717) is 12.2 Å². The Morgan fingerprint density at radius 2 is 1.84 bits per heavy atom. The highest BCUT2D eigenvalue weighted by Gasteiger charge is 2.29. The van der Waals surface area contributed by atoms with Gasteiger partial charge in [0.15, 0.2) is 6.79 Å². The van der Waals surface area contributed by atoms with E-state index >= 15 is 0 Å². The largest absolute Gasteiger partial charge is 0.507 e. The van der Waals surface area contributed by atoms with Crippen LogP contribution in [0.1, 0.15) is 71.5 Å². The molecule has 0 radical (unpaired) electrons. The van der Waals surface area contributed by atoms with Crippen LogP contribution in [0.2, 0.25) is 0 Å². The van der Waals surface area contributed by atoms with Gasteiger partial charge in [0, 0.05) is 6.61 Å². The average molecular weight is 499 g/mol. The molecule has 0 aliphatic heterocycles. The second kappa shape index (κ2) is 10.9. The van der Waals surface area contributed by atoms with Crippen molar-refractivity contribution in [3.05, 3.63) is 100 Å². The van der Waals surface area contributed by atoms with Crippen LogP contribution in [0, 0.1) is 11.8 Å². The smallest absolute Gasteiger partial charge is 0.335 e. The molecule has 1 aliphatic rings. The molecule has 190 valence electrons. The summed E-state index contributed by atoms with van der Waals surface area (Å²) >= 11 is 0. The van der Waals surface area contributed by atoms with Gasteiger partial charge >= 0.3 is 5.97 Å². The number of hydrogen-bond acceptors (Lipinski definition) is 5. The third-order valence-corrected chi connectivity index (χ3v) is 6.46. The van der Waals surface area contributed by atoms with Gasteiger partial charge in [-0.1, -0.05) is 62.1 Å². The summed E-state index contributed by atoms with van der Waals surface area (Å²) in [6, 6.07) is 17.7. The second-order valence-corrected chi connectivity index (χ2v) is 9.50. The van der Waals surface area contributed by atoms with Crippen molar-refractivity contribution in [3.8, 4) is 23.3 Å². The first-order valence-electron chi connectivity index (χ1n) is 12.1. The molecule has 3 N–H and O–H groups in total. The summed E-state index contributed by atoms with van der Waals surface area (Å²) in [5.41, 5.74) is 5.17. The highest BCUT2D eigenvalue weighted by Crippen LogP contribution is 2.42. The Labute approximate surface area is 216 Å².